The molecule has 1 aromatic heterocycles. The first-order chi connectivity index (χ1) is 13.1. The van der Waals surface area contributed by atoms with E-state index in [1.165, 1.54) is 0 Å². The van der Waals surface area contributed by atoms with E-state index in [4.69, 9.17) is 5.73 Å². The Bertz CT molecular complexity index is 921. The van der Waals surface area contributed by atoms with Gasteiger partial charge in [0.1, 0.15) is 0 Å². The first-order valence-electron chi connectivity index (χ1n) is 8.93. The lowest BCUT2D eigenvalue weighted by molar-refractivity contribution is -0.117. The number of carbonyl (C=O) groups excluding carboxylic acids is 1. The number of aromatic nitrogens is 1. The fraction of sp³-hybridized carbons (Fsp3) is 0.130. The zero-order valence-electron chi connectivity index (χ0n) is 15.3. The van der Waals surface area contributed by atoms with Crippen molar-refractivity contribution in [1.82, 2.24) is 10.3 Å². The van der Waals surface area contributed by atoms with E-state index in [9.17, 15) is 4.79 Å². The third-order valence-corrected chi connectivity index (χ3v) is 4.40. The summed E-state index contributed by atoms with van der Waals surface area (Å²) in [4.78, 5) is 16.4. The molecule has 1 atom stereocenters. The van der Waals surface area contributed by atoms with Crippen LogP contribution in [0.1, 0.15) is 35.2 Å². The van der Waals surface area contributed by atoms with Crippen molar-refractivity contribution in [2.45, 2.75) is 19.4 Å². The van der Waals surface area contributed by atoms with Gasteiger partial charge in [-0.3, -0.25) is 9.78 Å². The van der Waals surface area contributed by atoms with E-state index in [-0.39, 0.29) is 11.9 Å². The lowest BCUT2D eigenvalue weighted by Gasteiger charge is -2.18. The lowest BCUT2D eigenvalue weighted by atomic mass is 9.98. The van der Waals surface area contributed by atoms with Crippen molar-refractivity contribution in [3.63, 3.8) is 0 Å². The van der Waals surface area contributed by atoms with Gasteiger partial charge in [0.15, 0.2) is 0 Å². The van der Waals surface area contributed by atoms with Crippen LogP contribution in [0.5, 0.6) is 0 Å². The summed E-state index contributed by atoms with van der Waals surface area (Å²) in [5.74, 6) is -0.150. The smallest absolute Gasteiger partial charge is 0.244 e. The molecule has 2 aromatic carbocycles. The molecule has 1 heterocycles. The summed E-state index contributed by atoms with van der Waals surface area (Å²) in [6, 6.07) is 19.4. The number of anilines is 1. The van der Waals surface area contributed by atoms with Crippen LogP contribution in [0.15, 0.2) is 79.1 Å². The second-order valence-electron chi connectivity index (χ2n) is 6.43. The second-order valence-corrected chi connectivity index (χ2v) is 6.43. The molecule has 0 spiro atoms. The zero-order valence-corrected chi connectivity index (χ0v) is 15.3. The molecule has 0 saturated heterocycles. The molecule has 4 nitrogen and oxygen atoms in total. The van der Waals surface area contributed by atoms with E-state index in [1.807, 2.05) is 73.8 Å². The van der Waals surface area contributed by atoms with E-state index in [0.29, 0.717) is 12.1 Å². The van der Waals surface area contributed by atoms with Gasteiger partial charge in [-0.05, 0) is 41.3 Å². The molecular formula is C23H23N3O. The number of hydrogen-bond donors (Lipinski definition) is 2. The van der Waals surface area contributed by atoms with Crippen LogP contribution in [0.4, 0.5) is 5.69 Å². The molecular weight excluding hydrogens is 334 g/mol. The minimum absolute atomic E-state index is 0.150. The quantitative estimate of drug-likeness (QED) is 0.514. The van der Waals surface area contributed by atoms with Crippen LogP contribution in [-0.2, 0) is 11.2 Å². The van der Waals surface area contributed by atoms with Crippen LogP contribution in [-0.4, -0.2) is 10.9 Å². The first-order valence-corrected chi connectivity index (χ1v) is 8.93. The molecule has 1 amide bonds. The Morgan fingerprint density at radius 2 is 1.93 bits per heavy atom. The first kappa shape index (κ1) is 18.4. The summed E-state index contributed by atoms with van der Waals surface area (Å²) in [5, 5.41) is 2.98. The summed E-state index contributed by atoms with van der Waals surface area (Å²) < 4.78 is 0. The third-order valence-electron chi connectivity index (χ3n) is 4.40. The summed E-state index contributed by atoms with van der Waals surface area (Å²) in [6.45, 7) is 1.94. The number of nitrogens with one attached hydrogen (secondary N) is 1. The Hall–Kier alpha value is -3.40. The minimum atomic E-state index is -0.188. The van der Waals surface area contributed by atoms with Crippen LogP contribution in [0.2, 0.25) is 0 Å². The number of carbonyl (C=O) groups is 1. The molecule has 27 heavy (non-hydrogen) atoms. The fourth-order valence-corrected chi connectivity index (χ4v) is 2.96. The van der Waals surface area contributed by atoms with Gasteiger partial charge in [-0.25, -0.2) is 0 Å². The van der Waals surface area contributed by atoms with Crippen molar-refractivity contribution in [3.05, 3.63) is 101 Å². The van der Waals surface area contributed by atoms with Crippen LogP contribution >= 0.6 is 0 Å². The number of para-hydroxylation sites is 1. The second kappa shape index (κ2) is 8.81. The molecule has 4 heteroatoms. The van der Waals surface area contributed by atoms with Crippen LogP contribution < -0.4 is 11.1 Å². The molecule has 3 rings (SSSR count). The van der Waals surface area contributed by atoms with Gasteiger partial charge in [0.05, 0.1) is 6.04 Å². The SMILES string of the molecule is C[C@H](NC(=O)C=Cc1ccccc1)c1cccc(Cc2cccnc2)c1N. The molecule has 0 fully saturated rings. The van der Waals surface area contributed by atoms with Crippen molar-refractivity contribution >= 4 is 17.7 Å². The van der Waals surface area contributed by atoms with E-state index >= 15 is 0 Å². The fourth-order valence-electron chi connectivity index (χ4n) is 2.96. The maximum absolute atomic E-state index is 12.2. The van der Waals surface area contributed by atoms with Crippen LogP contribution in [0, 0.1) is 0 Å². The van der Waals surface area contributed by atoms with Crippen molar-refractivity contribution < 1.29 is 4.79 Å². The van der Waals surface area contributed by atoms with Gasteiger partial charge in [0.2, 0.25) is 5.91 Å². The number of amides is 1. The summed E-state index contributed by atoms with van der Waals surface area (Å²) >= 11 is 0. The normalized spacial score (nSPS) is 12.0. The Labute approximate surface area is 159 Å². The van der Waals surface area contributed by atoms with Gasteiger partial charge in [-0.2, -0.15) is 0 Å². The highest BCUT2D eigenvalue weighted by atomic mass is 16.1. The summed E-state index contributed by atoms with van der Waals surface area (Å²) in [6.07, 6.45) is 7.64. The van der Waals surface area contributed by atoms with Crippen molar-refractivity contribution in [1.29, 1.82) is 0 Å². The van der Waals surface area contributed by atoms with E-state index < -0.39 is 0 Å². The number of pyridine rings is 1. The maximum Gasteiger partial charge on any atom is 0.244 e. The zero-order chi connectivity index (χ0) is 19.1. The van der Waals surface area contributed by atoms with Crippen molar-refractivity contribution in [2.75, 3.05) is 5.73 Å². The summed E-state index contributed by atoms with van der Waals surface area (Å²) in [7, 11) is 0. The molecule has 0 unspecified atom stereocenters. The average Bonchev–Trinajstić information content (AvgIpc) is 2.69. The number of nitrogen functional groups attached to an aromatic ring is 1. The highest BCUT2D eigenvalue weighted by molar-refractivity contribution is 5.92. The number of nitrogens with two attached hydrogens (primary N) is 1. The van der Waals surface area contributed by atoms with Gasteiger partial charge >= 0.3 is 0 Å². The van der Waals surface area contributed by atoms with Gasteiger partial charge < -0.3 is 11.1 Å². The van der Waals surface area contributed by atoms with E-state index in [0.717, 1.165) is 22.3 Å². The number of hydrogen-bond acceptors (Lipinski definition) is 3. The number of rotatable bonds is 6. The number of benzene rings is 2. The largest absolute Gasteiger partial charge is 0.398 e. The van der Waals surface area contributed by atoms with Gasteiger partial charge in [-0.1, -0.05) is 54.6 Å². The third kappa shape index (κ3) is 5.05. The summed E-state index contributed by atoms with van der Waals surface area (Å²) in [5.41, 5.74) is 11.1. The molecule has 3 aromatic rings. The lowest BCUT2D eigenvalue weighted by Crippen LogP contribution is -2.25. The Morgan fingerprint density at radius 1 is 1.11 bits per heavy atom. The number of nitrogens with zero attached hydrogens (tertiary/aromatic N) is 1. The topological polar surface area (TPSA) is 68.0 Å². The Kier molecular flexibility index (Phi) is 6.00. The molecule has 0 radical (unpaired) electrons. The Morgan fingerprint density at radius 3 is 2.67 bits per heavy atom. The maximum atomic E-state index is 12.2. The van der Waals surface area contributed by atoms with Crippen molar-refractivity contribution in [2.24, 2.45) is 0 Å². The monoisotopic (exact) mass is 357 g/mol. The van der Waals surface area contributed by atoms with Gasteiger partial charge in [0, 0.05) is 30.6 Å². The van der Waals surface area contributed by atoms with E-state index in [1.54, 1.807) is 18.3 Å². The van der Waals surface area contributed by atoms with Gasteiger partial charge in [-0.15, -0.1) is 0 Å². The Balaban J connectivity index is 1.69. The van der Waals surface area contributed by atoms with E-state index in [2.05, 4.69) is 10.3 Å². The van der Waals surface area contributed by atoms with Gasteiger partial charge in [0.25, 0.3) is 0 Å². The molecule has 0 aliphatic heterocycles. The highest BCUT2D eigenvalue weighted by Gasteiger charge is 2.13. The predicted octanol–water partition coefficient (Wildman–Crippen LogP) is 4.15. The standard InChI is InChI=1S/C23H23N3O/c1-17(26-22(27)13-12-18-7-3-2-4-8-18)21-11-5-10-20(23(21)24)15-19-9-6-14-25-16-19/h2-14,16-17H,15,24H2,1H3,(H,26,27)/t17-/m0/s1. The molecule has 0 bridgehead atoms. The molecule has 0 aliphatic rings. The molecule has 0 aliphatic carbocycles. The molecule has 3 N–H and O–H groups in total. The highest BCUT2D eigenvalue weighted by Crippen LogP contribution is 2.25. The van der Waals surface area contributed by atoms with Crippen LogP contribution in [0.25, 0.3) is 6.08 Å². The average molecular weight is 357 g/mol. The van der Waals surface area contributed by atoms with Crippen LogP contribution in [0.3, 0.4) is 0 Å². The van der Waals surface area contributed by atoms with Crippen molar-refractivity contribution in [3.8, 4) is 0 Å². The minimum Gasteiger partial charge on any atom is -0.398 e. The molecule has 136 valence electrons. The molecule has 0 saturated carbocycles. The predicted molar refractivity (Wildman–Crippen MR) is 110 cm³/mol.